The van der Waals surface area contributed by atoms with Crippen LogP contribution < -0.4 is 0 Å². The summed E-state index contributed by atoms with van der Waals surface area (Å²) in [5, 5.41) is 0. The maximum atomic E-state index is 11.5. The van der Waals surface area contributed by atoms with Gasteiger partial charge in [-0.3, -0.25) is 4.79 Å². The molecule has 6 heteroatoms. The molecule has 88 valence electrons. The van der Waals surface area contributed by atoms with Gasteiger partial charge in [0.1, 0.15) is 6.42 Å². The average Bonchev–Trinajstić information content (AvgIpc) is 2.18. The van der Waals surface area contributed by atoms with Crippen molar-refractivity contribution in [1.29, 1.82) is 0 Å². The minimum absolute atomic E-state index is 0.0309. The molecule has 2 unspecified atom stereocenters. The summed E-state index contributed by atoms with van der Waals surface area (Å²) in [6.45, 7) is 6.26. The molecule has 0 N–H and O–H groups in total. The highest BCUT2D eigenvalue weighted by Gasteiger charge is 2.35. The molecular weight excluding hydrogens is 219 g/mol. The van der Waals surface area contributed by atoms with Gasteiger partial charge in [0.2, 0.25) is 0 Å². The summed E-state index contributed by atoms with van der Waals surface area (Å²) >= 11 is 0. The maximum absolute atomic E-state index is 11.5. The van der Waals surface area contributed by atoms with Crippen molar-refractivity contribution < 1.29 is 23.4 Å². The van der Waals surface area contributed by atoms with Crippen molar-refractivity contribution in [2.45, 2.75) is 33.0 Å². The van der Waals surface area contributed by atoms with Crippen LogP contribution in [0, 0.1) is 0 Å². The first kappa shape index (κ1) is 14.5. The molecule has 0 aromatic carbocycles. The van der Waals surface area contributed by atoms with Crippen molar-refractivity contribution in [3.63, 3.8) is 0 Å². The topological polar surface area (TPSA) is 61.8 Å². The van der Waals surface area contributed by atoms with Crippen LogP contribution in [-0.2, 0) is 23.4 Å². The largest absolute Gasteiger partial charge is 0.541 e. The summed E-state index contributed by atoms with van der Waals surface area (Å²) in [7, 11) is -1.97. The lowest BCUT2D eigenvalue weighted by Gasteiger charge is -2.05. The minimum atomic E-state index is -1.97. The second-order valence-electron chi connectivity index (χ2n) is 2.62. The van der Waals surface area contributed by atoms with Crippen molar-refractivity contribution >= 4 is 14.0 Å². The summed E-state index contributed by atoms with van der Waals surface area (Å²) in [6, 6.07) is 0. The summed E-state index contributed by atoms with van der Waals surface area (Å²) in [6.07, 6.45) is -0.0309. The highest BCUT2D eigenvalue weighted by atomic mass is 31.1. The van der Waals surface area contributed by atoms with Gasteiger partial charge in [-0.2, -0.15) is 0 Å². The van der Waals surface area contributed by atoms with Crippen molar-refractivity contribution in [2.75, 3.05) is 19.8 Å². The van der Waals surface area contributed by atoms with Gasteiger partial charge in [-0.05, 0) is 25.3 Å². The zero-order valence-electron chi connectivity index (χ0n) is 9.39. The molecule has 15 heavy (non-hydrogen) atoms. The van der Waals surface area contributed by atoms with E-state index in [0.717, 1.165) is 0 Å². The van der Waals surface area contributed by atoms with Crippen LogP contribution in [0.4, 0.5) is 0 Å². The SMILES string of the molecule is CCOC(=O)CC(OCC)[P+](=O)OCC. The van der Waals surface area contributed by atoms with E-state index in [1.165, 1.54) is 0 Å². The van der Waals surface area contributed by atoms with Gasteiger partial charge in [0.05, 0.1) is 13.2 Å². The Hall–Kier alpha value is -0.510. The van der Waals surface area contributed by atoms with Crippen molar-refractivity contribution in [2.24, 2.45) is 0 Å². The van der Waals surface area contributed by atoms with Crippen molar-refractivity contribution in [1.82, 2.24) is 0 Å². The van der Waals surface area contributed by atoms with Crippen LogP contribution in [0.1, 0.15) is 27.2 Å². The van der Waals surface area contributed by atoms with E-state index in [-0.39, 0.29) is 6.42 Å². The van der Waals surface area contributed by atoms with Crippen molar-refractivity contribution in [3.05, 3.63) is 0 Å². The first-order valence-electron chi connectivity index (χ1n) is 5.02. The quantitative estimate of drug-likeness (QED) is 0.477. The predicted octanol–water partition coefficient (Wildman–Crippen LogP) is 2.08. The highest BCUT2D eigenvalue weighted by molar-refractivity contribution is 7.39. The fourth-order valence-electron chi connectivity index (χ4n) is 0.960. The zero-order valence-corrected chi connectivity index (χ0v) is 10.3. The highest BCUT2D eigenvalue weighted by Crippen LogP contribution is 2.32. The van der Waals surface area contributed by atoms with Crippen LogP contribution in [0.2, 0.25) is 0 Å². The van der Waals surface area contributed by atoms with E-state index in [0.29, 0.717) is 19.8 Å². The first-order valence-corrected chi connectivity index (χ1v) is 6.26. The third kappa shape index (κ3) is 6.55. The van der Waals surface area contributed by atoms with Gasteiger partial charge in [-0.15, -0.1) is 4.52 Å². The van der Waals surface area contributed by atoms with Gasteiger partial charge in [0.25, 0.3) is 5.85 Å². The number of carbonyl (C=O) groups is 1. The van der Waals surface area contributed by atoms with Gasteiger partial charge >= 0.3 is 14.0 Å². The molecule has 2 atom stereocenters. The van der Waals surface area contributed by atoms with E-state index in [1.54, 1.807) is 20.8 Å². The summed E-state index contributed by atoms with van der Waals surface area (Å²) in [4.78, 5) is 11.2. The van der Waals surface area contributed by atoms with E-state index < -0.39 is 19.8 Å². The standard InChI is InChI=1S/C9H18O5P/c1-4-12-8(10)7-9(13-5-2)15(11)14-6-3/h9H,4-7H2,1-3H3/q+1. The number of ether oxygens (including phenoxy) is 2. The van der Waals surface area contributed by atoms with Crippen molar-refractivity contribution in [3.8, 4) is 0 Å². The molecule has 5 nitrogen and oxygen atoms in total. The average molecular weight is 237 g/mol. The van der Waals surface area contributed by atoms with E-state index in [4.69, 9.17) is 14.0 Å². The van der Waals surface area contributed by atoms with Gasteiger partial charge in [0.15, 0.2) is 0 Å². The van der Waals surface area contributed by atoms with E-state index in [2.05, 4.69) is 0 Å². The number of hydrogen-bond donors (Lipinski definition) is 0. The van der Waals surface area contributed by atoms with Crippen LogP contribution in [0.25, 0.3) is 0 Å². The Morgan fingerprint density at radius 3 is 2.33 bits per heavy atom. The Bertz CT molecular complexity index is 207. The fraction of sp³-hybridized carbons (Fsp3) is 0.889. The van der Waals surface area contributed by atoms with Crippen LogP contribution >= 0.6 is 8.03 Å². The second kappa shape index (κ2) is 8.77. The van der Waals surface area contributed by atoms with Gasteiger partial charge in [-0.25, -0.2) is 0 Å². The third-order valence-corrected chi connectivity index (χ3v) is 2.81. The smallest absolute Gasteiger partial charge is 0.466 e. The lowest BCUT2D eigenvalue weighted by Crippen LogP contribution is -2.17. The Labute approximate surface area is 91.0 Å². The number of hydrogen-bond acceptors (Lipinski definition) is 5. The molecule has 0 aliphatic heterocycles. The van der Waals surface area contributed by atoms with E-state index in [9.17, 15) is 9.36 Å². The molecule has 0 aromatic heterocycles. The summed E-state index contributed by atoms with van der Waals surface area (Å²) < 4.78 is 26.3. The van der Waals surface area contributed by atoms with Gasteiger partial charge in [-0.1, -0.05) is 0 Å². The summed E-state index contributed by atoms with van der Waals surface area (Å²) in [5.41, 5.74) is 0. The molecule has 0 aromatic rings. The molecular formula is C9H18O5P+. The molecule has 0 saturated carbocycles. The molecule has 0 aliphatic carbocycles. The molecule has 0 heterocycles. The van der Waals surface area contributed by atoms with Gasteiger partial charge < -0.3 is 9.47 Å². The molecule has 0 saturated heterocycles. The molecule has 0 fully saturated rings. The Morgan fingerprint density at radius 2 is 1.87 bits per heavy atom. The zero-order chi connectivity index (χ0) is 11.7. The lowest BCUT2D eigenvalue weighted by atomic mass is 10.4. The lowest BCUT2D eigenvalue weighted by molar-refractivity contribution is -0.145. The summed E-state index contributed by atoms with van der Waals surface area (Å²) in [5.74, 6) is -1.12. The van der Waals surface area contributed by atoms with E-state index in [1.807, 2.05) is 0 Å². The first-order chi connectivity index (χ1) is 7.15. The molecule has 0 aliphatic rings. The van der Waals surface area contributed by atoms with Gasteiger partial charge in [0, 0.05) is 6.61 Å². The minimum Gasteiger partial charge on any atom is -0.466 e. The third-order valence-electron chi connectivity index (χ3n) is 1.50. The Kier molecular flexibility index (Phi) is 8.47. The van der Waals surface area contributed by atoms with Crippen LogP contribution in [0.15, 0.2) is 0 Å². The number of esters is 1. The Balaban J connectivity index is 4.13. The number of rotatable bonds is 8. The molecule has 0 amide bonds. The molecule has 0 spiro atoms. The maximum Gasteiger partial charge on any atom is 0.541 e. The van der Waals surface area contributed by atoms with Crippen LogP contribution in [0.5, 0.6) is 0 Å². The van der Waals surface area contributed by atoms with E-state index >= 15 is 0 Å². The predicted molar refractivity (Wildman–Crippen MR) is 55.9 cm³/mol. The Morgan fingerprint density at radius 1 is 1.20 bits per heavy atom. The monoisotopic (exact) mass is 237 g/mol. The van der Waals surface area contributed by atoms with Crippen LogP contribution in [0.3, 0.4) is 0 Å². The second-order valence-corrected chi connectivity index (χ2v) is 4.03. The molecule has 0 rings (SSSR count). The van der Waals surface area contributed by atoms with Crippen LogP contribution in [-0.4, -0.2) is 31.6 Å². The fourth-order valence-corrected chi connectivity index (χ4v) is 1.95. The molecule has 0 bridgehead atoms. The number of carbonyl (C=O) groups excluding carboxylic acids is 1. The molecule has 0 radical (unpaired) electrons. The normalized spacial score (nSPS) is 13.4.